The van der Waals surface area contributed by atoms with Crippen molar-refractivity contribution in [2.24, 2.45) is 0 Å². The average Bonchev–Trinajstić information content (AvgIpc) is 3.82. The van der Waals surface area contributed by atoms with E-state index in [2.05, 4.69) is 17.0 Å². The highest BCUT2D eigenvalue weighted by Crippen LogP contribution is 2.23. The summed E-state index contributed by atoms with van der Waals surface area (Å²) in [5.41, 5.74) is 2.71. The molecule has 0 bridgehead atoms. The molecule has 0 saturated heterocycles. The third kappa shape index (κ3) is 9.16. The summed E-state index contributed by atoms with van der Waals surface area (Å²) in [6.07, 6.45) is 4.54. The molecule has 3 aromatic carbocycles. The lowest BCUT2D eigenvalue weighted by Gasteiger charge is -2.32. The minimum Gasteiger partial charge on any atom is -0.497 e. The zero-order chi connectivity index (χ0) is 30.0. The lowest BCUT2D eigenvalue weighted by atomic mass is 10.0. The first kappa shape index (κ1) is 31.3. The van der Waals surface area contributed by atoms with E-state index < -0.39 is 16.1 Å². The highest BCUT2D eigenvalue weighted by molar-refractivity contribution is 7.89. The van der Waals surface area contributed by atoms with Gasteiger partial charge in [0.1, 0.15) is 11.8 Å². The average molecular weight is 592 g/mol. The van der Waals surface area contributed by atoms with E-state index in [1.807, 2.05) is 54.6 Å². The molecule has 2 N–H and O–H groups in total. The van der Waals surface area contributed by atoms with Gasteiger partial charge in [-0.1, -0.05) is 67.9 Å². The maximum atomic E-state index is 13.9. The Morgan fingerprint density at radius 2 is 1.60 bits per heavy atom. The van der Waals surface area contributed by atoms with Gasteiger partial charge in [0.15, 0.2) is 0 Å². The quantitative estimate of drug-likeness (QED) is 0.237. The summed E-state index contributed by atoms with van der Waals surface area (Å²) < 4.78 is 33.0. The van der Waals surface area contributed by atoms with Crippen molar-refractivity contribution in [2.75, 3.05) is 13.7 Å². The second-order valence-electron chi connectivity index (χ2n) is 10.8. The van der Waals surface area contributed by atoms with Crippen molar-refractivity contribution < 1.29 is 22.7 Å². The number of amides is 2. The predicted molar refractivity (Wildman–Crippen MR) is 164 cm³/mol. The van der Waals surface area contributed by atoms with E-state index in [4.69, 9.17) is 4.74 Å². The molecule has 0 aliphatic heterocycles. The number of nitrogens with zero attached hydrogens (tertiary/aromatic N) is 1. The predicted octanol–water partition coefficient (Wildman–Crippen LogP) is 4.62. The summed E-state index contributed by atoms with van der Waals surface area (Å²) in [5, 5.41) is 3.04. The van der Waals surface area contributed by atoms with Crippen LogP contribution in [0.25, 0.3) is 0 Å². The molecule has 0 spiro atoms. The van der Waals surface area contributed by atoms with E-state index in [0.29, 0.717) is 25.1 Å². The fourth-order valence-corrected chi connectivity index (χ4v) is 6.01. The molecule has 42 heavy (non-hydrogen) atoms. The van der Waals surface area contributed by atoms with Gasteiger partial charge in [-0.2, -0.15) is 0 Å². The number of sulfonamides is 1. The summed E-state index contributed by atoms with van der Waals surface area (Å²) in [6, 6.07) is 23.2. The van der Waals surface area contributed by atoms with Gasteiger partial charge in [0, 0.05) is 32.0 Å². The lowest BCUT2D eigenvalue weighted by Crippen LogP contribution is -2.50. The third-order valence-electron chi connectivity index (χ3n) is 7.37. The number of carbonyl (C=O) groups excluding carboxylic acids is 2. The monoisotopic (exact) mass is 591 g/mol. The first-order valence-electron chi connectivity index (χ1n) is 14.6. The minimum absolute atomic E-state index is 0.0342. The summed E-state index contributed by atoms with van der Waals surface area (Å²) in [6.45, 7) is 2.89. The molecule has 0 radical (unpaired) electrons. The summed E-state index contributed by atoms with van der Waals surface area (Å²) >= 11 is 0. The van der Waals surface area contributed by atoms with Crippen molar-refractivity contribution in [3.8, 4) is 5.75 Å². The highest BCUT2D eigenvalue weighted by Gasteiger charge is 2.30. The number of carbonyl (C=O) groups is 2. The van der Waals surface area contributed by atoms with Gasteiger partial charge in [-0.05, 0) is 66.6 Å². The molecule has 1 saturated carbocycles. The third-order valence-corrected chi connectivity index (χ3v) is 8.91. The van der Waals surface area contributed by atoms with Crippen molar-refractivity contribution in [2.45, 2.75) is 75.4 Å². The molecular weight excluding hydrogens is 550 g/mol. The Kier molecular flexibility index (Phi) is 11.1. The number of nitrogens with one attached hydrogen (secondary N) is 2. The normalized spacial score (nSPS) is 13.8. The van der Waals surface area contributed by atoms with E-state index in [9.17, 15) is 18.0 Å². The van der Waals surface area contributed by atoms with E-state index in [1.165, 1.54) is 0 Å². The molecule has 1 aliphatic carbocycles. The fourth-order valence-electron chi connectivity index (χ4n) is 4.71. The number of unbranched alkanes of at least 4 members (excludes halogenated alkanes) is 1. The number of hydrogen-bond acceptors (Lipinski definition) is 5. The van der Waals surface area contributed by atoms with Crippen molar-refractivity contribution in [1.82, 2.24) is 14.9 Å². The molecule has 1 atom stereocenters. The largest absolute Gasteiger partial charge is 0.497 e. The molecule has 8 nitrogen and oxygen atoms in total. The Morgan fingerprint density at radius 1 is 0.929 bits per heavy atom. The van der Waals surface area contributed by atoms with Crippen LogP contribution in [0, 0.1) is 0 Å². The van der Waals surface area contributed by atoms with Crippen molar-refractivity contribution in [1.29, 1.82) is 0 Å². The number of ether oxygens (including phenoxy) is 1. The number of rotatable bonds is 16. The van der Waals surface area contributed by atoms with Crippen LogP contribution in [0.3, 0.4) is 0 Å². The Hall–Kier alpha value is -3.69. The second kappa shape index (κ2) is 15.0. The van der Waals surface area contributed by atoms with E-state index in [-0.39, 0.29) is 35.7 Å². The summed E-state index contributed by atoms with van der Waals surface area (Å²) in [4.78, 5) is 29.3. The van der Waals surface area contributed by atoms with Crippen LogP contribution in [0.5, 0.6) is 5.75 Å². The van der Waals surface area contributed by atoms with Crippen LogP contribution in [-0.4, -0.2) is 50.9 Å². The Balaban J connectivity index is 1.54. The molecule has 1 fully saturated rings. The van der Waals surface area contributed by atoms with Gasteiger partial charge in [0.05, 0.1) is 12.0 Å². The van der Waals surface area contributed by atoms with E-state index in [1.54, 1.807) is 36.3 Å². The Bertz CT molecular complexity index is 1410. The minimum atomic E-state index is -3.54. The highest BCUT2D eigenvalue weighted by atomic mass is 32.2. The first-order valence-corrected chi connectivity index (χ1v) is 16.1. The number of hydrogen-bond donors (Lipinski definition) is 2. The summed E-state index contributed by atoms with van der Waals surface area (Å²) in [5.74, 6) is 0.393. The van der Waals surface area contributed by atoms with E-state index >= 15 is 0 Å². The zero-order valence-electron chi connectivity index (χ0n) is 24.4. The standard InChI is InChI=1S/C33H41N3O5S/c1-3-4-22-34-33(38)31(23-26-8-6-5-7-9-26)36(24-27-10-17-29(41-2)18-11-27)32(37)21-14-25-12-19-30(20-13-25)42(39,40)35-28-15-16-28/h5-13,17-20,28,31,35H,3-4,14-16,21-24H2,1-2H3,(H,34,38)/t31-/m1/s1. The van der Waals surface area contributed by atoms with Crippen LogP contribution >= 0.6 is 0 Å². The fraction of sp³-hybridized carbons (Fsp3) is 0.394. The van der Waals surface area contributed by atoms with Gasteiger partial charge in [0.2, 0.25) is 21.8 Å². The van der Waals surface area contributed by atoms with Crippen LogP contribution in [-0.2, 0) is 39.0 Å². The second-order valence-corrected chi connectivity index (χ2v) is 12.5. The molecule has 2 amide bonds. The topological polar surface area (TPSA) is 105 Å². The van der Waals surface area contributed by atoms with Crippen LogP contribution in [0.15, 0.2) is 83.8 Å². The molecule has 4 rings (SSSR count). The first-order chi connectivity index (χ1) is 20.3. The number of benzene rings is 3. The molecule has 0 unspecified atom stereocenters. The summed E-state index contributed by atoms with van der Waals surface area (Å²) in [7, 11) is -1.93. The Morgan fingerprint density at radius 3 is 2.21 bits per heavy atom. The van der Waals surface area contributed by atoms with Gasteiger partial charge in [-0.3, -0.25) is 9.59 Å². The van der Waals surface area contributed by atoms with Gasteiger partial charge < -0.3 is 15.0 Å². The lowest BCUT2D eigenvalue weighted by molar-refractivity contribution is -0.141. The van der Waals surface area contributed by atoms with Crippen molar-refractivity contribution in [3.63, 3.8) is 0 Å². The zero-order valence-corrected chi connectivity index (χ0v) is 25.2. The maximum absolute atomic E-state index is 13.9. The van der Waals surface area contributed by atoms with Gasteiger partial charge in [-0.25, -0.2) is 13.1 Å². The molecular formula is C33H41N3O5S. The molecule has 9 heteroatoms. The van der Waals surface area contributed by atoms with Gasteiger partial charge in [0.25, 0.3) is 0 Å². The van der Waals surface area contributed by atoms with Crippen LogP contribution in [0.4, 0.5) is 0 Å². The molecule has 3 aromatic rings. The van der Waals surface area contributed by atoms with Crippen LogP contribution in [0.1, 0.15) is 55.7 Å². The molecule has 224 valence electrons. The Labute approximate surface area is 249 Å². The van der Waals surface area contributed by atoms with Crippen LogP contribution in [0.2, 0.25) is 0 Å². The van der Waals surface area contributed by atoms with E-state index in [0.717, 1.165) is 42.4 Å². The smallest absolute Gasteiger partial charge is 0.243 e. The molecule has 0 aromatic heterocycles. The van der Waals surface area contributed by atoms with Gasteiger partial charge in [-0.15, -0.1) is 0 Å². The van der Waals surface area contributed by atoms with Crippen molar-refractivity contribution >= 4 is 21.8 Å². The molecule has 0 heterocycles. The van der Waals surface area contributed by atoms with Gasteiger partial charge >= 0.3 is 0 Å². The SMILES string of the molecule is CCCCNC(=O)[C@@H](Cc1ccccc1)N(Cc1ccc(OC)cc1)C(=O)CCc1ccc(S(=O)(=O)NC2CC2)cc1. The number of aryl methyl sites for hydroxylation is 1. The molecule has 1 aliphatic rings. The van der Waals surface area contributed by atoms with Crippen molar-refractivity contribution in [3.05, 3.63) is 95.6 Å². The number of methoxy groups -OCH3 is 1. The maximum Gasteiger partial charge on any atom is 0.243 e. The van der Waals surface area contributed by atoms with Crippen LogP contribution < -0.4 is 14.8 Å².